The minimum atomic E-state index is -3.65. The van der Waals surface area contributed by atoms with Gasteiger partial charge < -0.3 is 4.90 Å². The Morgan fingerprint density at radius 3 is 2.35 bits per heavy atom. The predicted molar refractivity (Wildman–Crippen MR) is 91.3 cm³/mol. The third-order valence-corrected chi connectivity index (χ3v) is 5.75. The second-order valence-corrected chi connectivity index (χ2v) is 8.25. The molecular weight excluding hydrogens is 336 g/mol. The van der Waals surface area contributed by atoms with Gasteiger partial charge in [0.1, 0.15) is 0 Å². The Bertz CT molecular complexity index is 666. The second-order valence-electron chi connectivity index (χ2n) is 6.12. The van der Waals surface area contributed by atoms with Crippen molar-refractivity contribution < 1.29 is 13.2 Å². The molecular formula is C16H23ClN2O3S. The Morgan fingerprint density at radius 1 is 1.17 bits per heavy atom. The van der Waals surface area contributed by atoms with Crippen LogP contribution in [0, 0.1) is 0 Å². The van der Waals surface area contributed by atoms with Gasteiger partial charge in [0, 0.05) is 19.1 Å². The number of amides is 1. The van der Waals surface area contributed by atoms with Gasteiger partial charge in [-0.1, -0.05) is 24.4 Å². The first-order valence-electron chi connectivity index (χ1n) is 7.92. The number of carbonyl (C=O) groups excluding carboxylic acids is 1. The molecule has 1 heterocycles. The highest BCUT2D eigenvalue weighted by Gasteiger charge is 2.23. The minimum Gasteiger partial charge on any atom is -0.339 e. The van der Waals surface area contributed by atoms with E-state index in [-0.39, 0.29) is 27.4 Å². The van der Waals surface area contributed by atoms with Crippen LogP contribution in [0.2, 0.25) is 5.02 Å². The van der Waals surface area contributed by atoms with Gasteiger partial charge in [0.15, 0.2) is 0 Å². The molecule has 0 atom stereocenters. The number of sulfonamides is 1. The molecule has 1 aromatic carbocycles. The molecule has 0 unspecified atom stereocenters. The van der Waals surface area contributed by atoms with Gasteiger partial charge in [-0.25, -0.2) is 13.1 Å². The van der Waals surface area contributed by atoms with Crippen LogP contribution in [0.1, 0.15) is 49.9 Å². The number of halogens is 1. The van der Waals surface area contributed by atoms with Crippen molar-refractivity contribution in [1.82, 2.24) is 9.62 Å². The summed E-state index contributed by atoms with van der Waals surface area (Å²) in [4.78, 5) is 14.5. The summed E-state index contributed by atoms with van der Waals surface area (Å²) in [7, 11) is -3.65. The summed E-state index contributed by atoms with van der Waals surface area (Å²) >= 11 is 6.14. The van der Waals surface area contributed by atoms with Crippen LogP contribution < -0.4 is 4.72 Å². The van der Waals surface area contributed by atoms with Crippen molar-refractivity contribution in [3.8, 4) is 0 Å². The van der Waals surface area contributed by atoms with Crippen molar-refractivity contribution in [2.45, 2.75) is 50.5 Å². The van der Waals surface area contributed by atoms with Gasteiger partial charge >= 0.3 is 0 Å². The van der Waals surface area contributed by atoms with Crippen LogP contribution in [0.25, 0.3) is 0 Å². The zero-order valence-corrected chi connectivity index (χ0v) is 15.1. The zero-order chi connectivity index (χ0) is 17.0. The zero-order valence-electron chi connectivity index (χ0n) is 13.5. The Morgan fingerprint density at radius 2 is 1.78 bits per heavy atom. The number of rotatable bonds is 4. The lowest BCUT2D eigenvalue weighted by atomic mass is 10.2. The summed E-state index contributed by atoms with van der Waals surface area (Å²) in [5, 5.41) is 0.280. The van der Waals surface area contributed by atoms with Crippen LogP contribution in [0.3, 0.4) is 0 Å². The lowest BCUT2D eigenvalue weighted by Gasteiger charge is -2.21. The second kappa shape index (κ2) is 7.64. The summed E-state index contributed by atoms with van der Waals surface area (Å²) in [5.74, 6) is -0.196. The molecule has 7 heteroatoms. The van der Waals surface area contributed by atoms with Gasteiger partial charge in [0.2, 0.25) is 10.0 Å². The number of carbonyl (C=O) groups is 1. The van der Waals surface area contributed by atoms with Gasteiger partial charge in [-0.05, 0) is 44.9 Å². The van der Waals surface area contributed by atoms with E-state index in [1.807, 2.05) is 0 Å². The molecule has 23 heavy (non-hydrogen) atoms. The fourth-order valence-electron chi connectivity index (χ4n) is 2.66. The molecule has 0 aromatic heterocycles. The lowest BCUT2D eigenvalue weighted by molar-refractivity contribution is 0.0761. The Kier molecular flexibility index (Phi) is 6.06. The van der Waals surface area contributed by atoms with Crippen molar-refractivity contribution in [2.24, 2.45) is 0 Å². The molecule has 0 spiro atoms. The van der Waals surface area contributed by atoms with E-state index in [9.17, 15) is 13.2 Å². The summed E-state index contributed by atoms with van der Waals surface area (Å²) in [6.45, 7) is 4.88. The van der Waals surface area contributed by atoms with Crippen LogP contribution in [0.4, 0.5) is 0 Å². The highest BCUT2D eigenvalue weighted by molar-refractivity contribution is 7.89. The molecule has 1 N–H and O–H groups in total. The normalized spacial score (nSPS) is 16.4. The van der Waals surface area contributed by atoms with Crippen molar-refractivity contribution >= 4 is 27.5 Å². The Labute approximate surface area is 143 Å². The number of likely N-dealkylation sites (tertiary alicyclic amines) is 1. The van der Waals surface area contributed by atoms with Gasteiger partial charge in [-0.3, -0.25) is 4.79 Å². The van der Waals surface area contributed by atoms with Crippen molar-refractivity contribution in [3.05, 3.63) is 28.8 Å². The van der Waals surface area contributed by atoms with Crippen LogP contribution >= 0.6 is 11.6 Å². The summed E-state index contributed by atoms with van der Waals surface area (Å²) < 4.78 is 27.1. The summed E-state index contributed by atoms with van der Waals surface area (Å²) in [6, 6.07) is 4.05. The third-order valence-electron chi connectivity index (χ3n) is 3.76. The van der Waals surface area contributed by atoms with Gasteiger partial charge in [-0.15, -0.1) is 0 Å². The van der Waals surface area contributed by atoms with E-state index in [0.29, 0.717) is 13.1 Å². The quantitative estimate of drug-likeness (QED) is 0.899. The fourth-order valence-corrected chi connectivity index (χ4v) is 4.13. The van der Waals surface area contributed by atoms with E-state index in [1.54, 1.807) is 18.7 Å². The van der Waals surface area contributed by atoms with E-state index in [4.69, 9.17) is 11.6 Å². The van der Waals surface area contributed by atoms with E-state index >= 15 is 0 Å². The van der Waals surface area contributed by atoms with Crippen molar-refractivity contribution in [2.75, 3.05) is 13.1 Å². The van der Waals surface area contributed by atoms with Crippen molar-refractivity contribution in [3.63, 3.8) is 0 Å². The number of nitrogens with one attached hydrogen (secondary N) is 1. The molecule has 128 valence electrons. The Balaban J connectivity index is 2.31. The molecule has 1 amide bonds. The predicted octanol–water partition coefficient (Wildman–Crippen LogP) is 3.04. The molecule has 1 aliphatic heterocycles. The maximum absolute atomic E-state index is 12.7. The molecule has 1 saturated heterocycles. The van der Waals surface area contributed by atoms with Crippen LogP contribution in [0.5, 0.6) is 0 Å². The smallest absolute Gasteiger partial charge is 0.255 e. The van der Waals surface area contributed by atoms with Crippen LogP contribution in [-0.2, 0) is 10.0 Å². The molecule has 1 fully saturated rings. The van der Waals surface area contributed by atoms with Crippen LogP contribution in [0.15, 0.2) is 23.1 Å². The molecule has 0 radical (unpaired) electrons. The largest absolute Gasteiger partial charge is 0.339 e. The summed E-state index contributed by atoms with van der Waals surface area (Å²) in [6.07, 6.45) is 4.17. The minimum absolute atomic E-state index is 0.0637. The third kappa shape index (κ3) is 4.68. The number of hydrogen-bond acceptors (Lipinski definition) is 3. The fraction of sp³-hybridized carbons (Fsp3) is 0.562. The number of hydrogen-bond donors (Lipinski definition) is 1. The first-order chi connectivity index (χ1) is 10.8. The van der Waals surface area contributed by atoms with Crippen LogP contribution in [-0.4, -0.2) is 38.4 Å². The maximum atomic E-state index is 12.7. The van der Waals surface area contributed by atoms with E-state index in [2.05, 4.69) is 4.72 Å². The molecule has 5 nitrogen and oxygen atoms in total. The molecule has 1 aliphatic rings. The van der Waals surface area contributed by atoms with E-state index in [1.165, 1.54) is 18.2 Å². The van der Waals surface area contributed by atoms with Gasteiger partial charge in [0.25, 0.3) is 5.91 Å². The van der Waals surface area contributed by atoms with E-state index in [0.717, 1.165) is 25.7 Å². The average Bonchev–Trinajstić information content (AvgIpc) is 2.74. The highest BCUT2D eigenvalue weighted by atomic mass is 35.5. The van der Waals surface area contributed by atoms with Gasteiger partial charge in [-0.2, -0.15) is 0 Å². The molecule has 0 bridgehead atoms. The van der Waals surface area contributed by atoms with E-state index < -0.39 is 10.0 Å². The molecule has 0 saturated carbocycles. The van der Waals surface area contributed by atoms with Crippen molar-refractivity contribution in [1.29, 1.82) is 0 Å². The monoisotopic (exact) mass is 358 g/mol. The first-order valence-corrected chi connectivity index (χ1v) is 9.78. The topological polar surface area (TPSA) is 66.5 Å². The van der Waals surface area contributed by atoms with Gasteiger partial charge in [0.05, 0.1) is 15.5 Å². The first kappa shape index (κ1) is 18.2. The summed E-state index contributed by atoms with van der Waals surface area (Å²) in [5.41, 5.74) is 0.250. The SMILES string of the molecule is CC(C)NS(=O)(=O)c1ccc(Cl)c(C(=O)N2CCCCCC2)c1. The Hall–Kier alpha value is -1.11. The average molecular weight is 359 g/mol. The maximum Gasteiger partial charge on any atom is 0.255 e. The molecule has 2 rings (SSSR count). The number of benzene rings is 1. The highest BCUT2D eigenvalue weighted by Crippen LogP contribution is 2.23. The molecule has 0 aliphatic carbocycles. The lowest BCUT2D eigenvalue weighted by Crippen LogP contribution is -2.33. The standard InChI is InChI=1S/C16H23ClN2O3S/c1-12(2)18-23(21,22)13-7-8-15(17)14(11-13)16(20)19-9-5-3-4-6-10-19/h7-8,11-12,18H,3-6,9-10H2,1-2H3. The number of nitrogens with zero attached hydrogens (tertiary/aromatic N) is 1. The molecule has 1 aromatic rings.